The lowest BCUT2D eigenvalue weighted by atomic mass is 10.0. The predicted octanol–water partition coefficient (Wildman–Crippen LogP) is 7.15. The zero-order chi connectivity index (χ0) is 23.9. The van der Waals surface area contributed by atoms with E-state index in [-0.39, 0.29) is 5.78 Å². The number of hydrogen-bond acceptors (Lipinski definition) is 2. The first-order valence-electron chi connectivity index (χ1n) is 10.2. The fourth-order valence-electron chi connectivity index (χ4n) is 5.47. The summed E-state index contributed by atoms with van der Waals surface area (Å²) in [7, 11) is -5.50. The highest BCUT2D eigenvalue weighted by Gasteiger charge is 2.65. The van der Waals surface area contributed by atoms with Gasteiger partial charge in [0.1, 0.15) is 5.38 Å². The van der Waals surface area contributed by atoms with E-state index in [1.165, 1.54) is 19.1 Å². The van der Waals surface area contributed by atoms with Crippen molar-refractivity contribution in [2.24, 2.45) is 0 Å². The summed E-state index contributed by atoms with van der Waals surface area (Å²) in [6.45, 7) is 20.2. The SMILES string of the molecule is CC(=O)[C@@H](Cl)[C@@H](O[Si]([Si](C)(C)C)([Si](C)(C)C)[Si](C)(C)C)c1ccc(C(F)(F)F)cc1. The van der Waals surface area contributed by atoms with Gasteiger partial charge in [0.15, 0.2) is 12.7 Å². The molecule has 2 nitrogen and oxygen atoms in total. The molecule has 0 radical (unpaired) electrons. The number of carbonyl (C=O) groups is 1. The molecule has 0 saturated carbocycles. The lowest BCUT2D eigenvalue weighted by molar-refractivity contribution is -0.137. The first kappa shape index (κ1) is 27.8. The van der Waals surface area contributed by atoms with Gasteiger partial charge in [0.05, 0.1) is 34.4 Å². The van der Waals surface area contributed by atoms with Gasteiger partial charge in [-0.05, 0) is 24.6 Å². The van der Waals surface area contributed by atoms with E-state index >= 15 is 0 Å². The van der Waals surface area contributed by atoms with Crippen LogP contribution in [0.4, 0.5) is 13.2 Å². The number of Topliss-reactive ketones (excluding diaryl/α,β-unsaturated/α-hetero) is 1. The van der Waals surface area contributed by atoms with Crippen molar-refractivity contribution in [1.82, 2.24) is 0 Å². The smallest absolute Gasteiger partial charge is 0.416 e. The van der Waals surface area contributed by atoms with Crippen molar-refractivity contribution in [3.63, 3.8) is 0 Å². The summed E-state index contributed by atoms with van der Waals surface area (Å²) >= 11 is 6.57. The van der Waals surface area contributed by atoms with E-state index < -0.39 is 52.9 Å². The molecule has 172 valence electrons. The summed E-state index contributed by atoms with van der Waals surface area (Å²) in [5, 5.41) is -0.933. The number of halogens is 4. The van der Waals surface area contributed by atoms with E-state index in [2.05, 4.69) is 58.9 Å². The second kappa shape index (κ2) is 8.97. The van der Waals surface area contributed by atoms with Crippen molar-refractivity contribution in [3.05, 3.63) is 35.4 Å². The van der Waals surface area contributed by atoms with Crippen LogP contribution < -0.4 is 0 Å². The molecule has 1 rings (SSSR count). The van der Waals surface area contributed by atoms with Gasteiger partial charge in [0.25, 0.3) is 0 Å². The van der Waals surface area contributed by atoms with Gasteiger partial charge >= 0.3 is 6.18 Å². The maximum Gasteiger partial charge on any atom is 0.416 e. The Hall–Kier alpha value is -0.202. The Labute approximate surface area is 188 Å². The van der Waals surface area contributed by atoms with Gasteiger partial charge in [-0.2, -0.15) is 13.2 Å². The molecule has 0 N–H and O–H groups in total. The zero-order valence-electron chi connectivity index (χ0n) is 19.8. The Morgan fingerprint density at radius 3 is 1.50 bits per heavy atom. The van der Waals surface area contributed by atoms with E-state index in [0.29, 0.717) is 5.56 Å². The van der Waals surface area contributed by atoms with E-state index in [1.54, 1.807) is 0 Å². The molecular weight excluding hydrogens is 477 g/mol. The largest absolute Gasteiger partial charge is 0.417 e. The highest BCUT2D eigenvalue weighted by molar-refractivity contribution is 7.87. The summed E-state index contributed by atoms with van der Waals surface area (Å²) in [4.78, 5) is 12.3. The molecule has 30 heavy (non-hydrogen) atoms. The van der Waals surface area contributed by atoms with Crippen molar-refractivity contribution in [3.8, 4) is 0 Å². The monoisotopic (exact) mass is 512 g/mol. The van der Waals surface area contributed by atoms with Crippen LogP contribution in [0.25, 0.3) is 0 Å². The molecule has 0 aromatic heterocycles. The quantitative estimate of drug-likeness (QED) is 0.273. The molecule has 0 spiro atoms. The van der Waals surface area contributed by atoms with Crippen LogP contribution in [-0.4, -0.2) is 40.8 Å². The number of hydrogen-bond donors (Lipinski definition) is 0. The van der Waals surface area contributed by atoms with Crippen LogP contribution in [0, 0.1) is 0 Å². The molecule has 1 aromatic carbocycles. The normalized spacial score (nSPS) is 16.3. The molecule has 0 heterocycles. The Balaban J connectivity index is 3.71. The van der Waals surface area contributed by atoms with Crippen molar-refractivity contribution in [2.45, 2.75) is 83.5 Å². The Kier molecular flexibility index (Phi) is 8.32. The standard InChI is InChI=1S/C20H36ClF3O2Si4/c1-15(25)18(21)19(16-11-13-17(14-12-16)20(22,23)24)26-30(27(2,3)4,28(5,6)7)29(8,9)10/h11-14,18-19H,1-10H3/t18-,19+/m1/s1. The Morgan fingerprint density at radius 2 is 1.23 bits per heavy atom. The summed E-state index contributed by atoms with van der Waals surface area (Å²) in [6.07, 6.45) is -5.15. The molecule has 0 saturated heterocycles. The van der Waals surface area contributed by atoms with Crippen LogP contribution >= 0.6 is 11.6 Å². The number of ketones is 1. The fraction of sp³-hybridized carbons (Fsp3) is 0.650. The number of alkyl halides is 4. The van der Waals surface area contributed by atoms with Crippen molar-refractivity contribution >= 4 is 47.0 Å². The molecule has 0 aliphatic rings. The lowest BCUT2D eigenvalue weighted by Gasteiger charge is -2.57. The predicted molar refractivity (Wildman–Crippen MR) is 131 cm³/mol. The lowest BCUT2D eigenvalue weighted by Crippen LogP contribution is -2.84. The molecule has 0 amide bonds. The second-order valence-electron chi connectivity index (χ2n) is 11.1. The summed E-state index contributed by atoms with van der Waals surface area (Å²) < 4.78 is 46.3. The third kappa shape index (κ3) is 5.58. The van der Waals surface area contributed by atoms with Gasteiger partial charge in [-0.25, -0.2) is 0 Å². The van der Waals surface area contributed by atoms with Crippen LogP contribution in [0.5, 0.6) is 0 Å². The van der Waals surface area contributed by atoms with Crippen LogP contribution in [0.15, 0.2) is 24.3 Å². The third-order valence-corrected chi connectivity index (χ3v) is 73.7. The topological polar surface area (TPSA) is 26.3 Å². The first-order valence-corrected chi connectivity index (χ1v) is 26.0. The molecule has 10 heteroatoms. The molecule has 0 bridgehead atoms. The van der Waals surface area contributed by atoms with Crippen molar-refractivity contribution in [2.75, 3.05) is 0 Å². The fourth-order valence-corrected chi connectivity index (χ4v) is 99.5. The van der Waals surface area contributed by atoms with E-state index in [0.717, 1.165) is 12.1 Å². The van der Waals surface area contributed by atoms with Gasteiger partial charge in [0.2, 0.25) is 0 Å². The average Bonchev–Trinajstić information content (AvgIpc) is 2.50. The second-order valence-corrected chi connectivity index (χ2v) is 51.0. The molecular formula is C20H36ClF3O2Si4. The minimum absolute atomic E-state index is 0.230. The average molecular weight is 513 g/mol. The van der Waals surface area contributed by atoms with Crippen LogP contribution in [-0.2, 0) is 15.4 Å². The molecule has 0 unspecified atom stereocenters. The summed E-state index contributed by atoms with van der Waals surface area (Å²) in [5.74, 6) is -0.230. The number of carbonyl (C=O) groups excluding carboxylic acids is 1. The minimum atomic E-state index is -4.41. The molecule has 0 fully saturated rings. The van der Waals surface area contributed by atoms with Gasteiger partial charge in [0, 0.05) is 0 Å². The van der Waals surface area contributed by atoms with Crippen molar-refractivity contribution < 1.29 is 22.4 Å². The highest BCUT2D eigenvalue weighted by atomic mass is 35.5. The summed E-state index contributed by atoms with van der Waals surface area (Å²) in [6, 6.07) is 4.94. The molecule has 0 aliphatic heterocycles. The van der Waals surface area contributed by atoms with E-state index in [9.17, 15) is 18.0 Å². The van der Waals surface area contributed by atoms with E-state index in [1.807, 2.05) is 0 Å². The minimum Gasteiger partial charge on any atom is -0.417 e. The van der Waals surface area contributed by atoms with Gasteiger partial charge in [-0.3, -0.25) is 4.79 Å². The summed E-state index contributed by atoms with van der Waals surface area (Å²) in [5.41, 5.74) is -0.173. The highest BCUT2D eigenvalue weighted by Crippen LogP contribution is 2.43. The van der Waals surface area contributed by atoms with E-state index in [4.69, 9.17) is 16.0 Å². The number of benzene rings is 1. The van der Waals surface area contributed by atoms with Gasteiger partial charge < -0.3 is 4.43 Å². The molecule has 0 aliphatic carbocycles. The first-order chi connectivity index (χ1) is 13.2. The Bertz CT molecular complexity index is 712. The number of rotatable bonds is 8. The van der Waals surface area contributed by atoms with Gasteiger partial charge in [-0.15, -0.1) is 11.6 Å². The van der Waals surface area contributed by atoms with Crippen molar-refractivity contribution in [1.29, 1.82) is 0 Å². The molecule has 2 atom stereocenters. The zero-order valence-corrected chi connectivity index (χ0v) is 24.5. The molecule has 1 aromatic rings. The van der Waals surface area contributed by atoms with Gasteiger partial charge in [-0.1, -0.05) is 71.1 Å². The van der Waals surface area contributed by atoms with Crippen LogP contribution in [0.2, 0.25) is 58.9 Å². The third-order valence-electron chi connectivity index (χ3n) is 5.69. The maximum atomic E-state index is 13.1. The maximum absolute atomic E-state index is 13.1. The Morgan fingerprint density at radius 1 is 0.867 bits per heavy atom. The van der Waals surface area contributed by atoms with Crippen LogP contribution in [0.3, 0.4) is 0 Å². The van der Waals surface area contributed by atoms with Crippen LogP contribution in [0.1, 0.15) is 24.2 Å².